The second-order valence-corrected chi connectivity index (χ2v) is 3.39. The van der Waals surface area contributed by atoms with Crippen molar-refractivity contribution < 1.29 is 18.0 Å². The van der Waals surface area contributed by atoms with Crippen LogP contribution in [0.15, 0.2) is 30.7 Å². The SMILES string of the molecule is NC(=O)c1cnn(-c2ccncc2)c1C(F)(F)F. The number of hydrogen-bond donors (Lipinski definition) is 1. The number of carbonyl (C=O) groups is 1. The Morgan fingerprint density at radius 1 is 1.28 bits per heavy atom. The van der Waals surface area contributed by atoms with Crippen molar-refractivity contribution in [3.8, 4) is 5.69 Å². The Labute approximate surface area is 99.0 Å². The Bertz CT molecular complexity index is 577. The molecule has 0 radical (unpaired) electrons. The molecule has 2 aromatic heterocycles. The molecule has 2 heterocycles. The highest BCUT2D eigenvalue weighted by atomic mass is 19.4. The Morgan fingerprint density at radius 3 is 2.39 bits per heavy atom. The van der Waals surface area contributed by atoms with Gasteiger partial charge < -0.3 is 5.73 Å². The molecule has 0 fully saturated rings. The molecule has 1 amide bonds. The van der Waals surface area contributed by atoms with Crippen molar-refractivity contribution in [2.45, 2.75) is 6.18 Å². The second kappa shape index (κ2) is 4.13. The van der Waals surface area contributed by atoms with E-state index in [2.05, 4.69) is 10.1 Å². The number of nitrogens with zero attached hydrogens (tertiary/aromatic N) is 3. The molecule has 0 aliphatic rings. The molecular weight excluding hydrogens is 249 g/mol. The van der Waals surface area contributed by atoms with E-state index in [0.29, 0.717) is 4.68 Å². The van der Waals surface area contributed by atoms with Crippen LogP contribution in [0.25, 0.3) is 5.69 Å². The van der Waals surface area contributed by atoms with Gasteiger partial charge in [0.15, 0.2) is 5.69 Å². The van der Waals surface area contributed by atoms with Gasteiger partial charge in [0.05, 0.1) is 17.4 Å². The van der Waals surface area contributed by atoms with Crippen LogP contribution in [-0.4, -0.2) is 20.7 Å². The summed E-state index contributed by atoms with van der Waals surface area (Å²) in [6, 6.07) is 2.68. The Kier molecular flexibility index (Phi) is 2.77. The van der Waals surface area contributed by atoms with Gasteiger partial charge in [-0.25, -0.2) is 4.68 Å². The van der Waals surface area contributed by atoms with E-state index in [1.54, 1.807) is 0 Å². The van der Waals surface area contributed by atoms with Crippen LogP contribution < -0.4 is 5.73 Å². The van der Waals surface area contributed by atoms with Gasteiger partial charge in [0.25, 0.3) is 5.91 Å². The summed E-state index contributed by atoms with van der Waals surface area (Å²) in [6.45, 7) is 0. The van der Waals surface area contributed by atoms with E-state index in [1.807, 2.05) is 0 Å². The van der Waals surface area contributed by atoms with Crippen molar-refractivity contribution in [2.24, 2.45) is 5.73 Å². The first-order valence-corrected chi connectivity index (χ1v) is 4.76. The van der Waals surface area contributed by atoms with Gasteiger partial charge in [-0.1, -0.05) is 0 Å². The number of primary amides is 1. The van der Waals surface area contributed by atoms with Crippen LogP contribution >= 0.6 is 0 Å². The predicted octanol–water partition coefficient (Wildman–Crippen LogP) is 1.39. The van der Waals surface area contributed by atoms with Crippen molar-refractivity contribution in [3.63, 3.8) is 0 Å². The van der Waals surface area contributed by atoms with Crippen LogP contribution in [0.5, 0.6) is 0 Å². The van der Waals surface area contributed by atoms with Crippen LogP contribution in [0.2, 0.25) is 0 Å². The number of rotatable bonds is 2. The topological polar surface area (TPSA) is 73.8 Å². The summed E-state index contributed by atoms with van der Waals surface area (Å²) < 4.78 is 39.3. The maximum atomic E-state index is 12.9. The number of pyridine rings is 1. The first-order chi connectivity index (χ1) is 8.41. The highest BCUT2D eigenvalue weighted by Gasteiger charge is 2.40. The predicted molar refractivity (Wildman–Crippen MR) is 54.9 cm³/mol. The Balaban J connectivity index is 2.67. The number of amides is 1. The fourth-order valence-electron chi connectivity index (χ4n) is 1.48. The number of halogens is 3. The lowest BCUT2D eigenvalue weighted by atomic mass is 10.2. The molecule has 0 spiro atoms. The Morgan fingerprint density at radius 2 is 1.89 bits per heavy atom. The minimum Gasteiger partial charge on any atom is -0.365 e. The van der Waals surface area contributed by atoms with Crippen LogP contribution in [0.1, 0.15) is 16.1 Å². The first-order valence-electron chi connectivity index (χ1n) is 4.76. The molecule has 0 aliphatic heterocycles. The van der Waals surface area contributed by atoms with Gasteiger partial charge in [0.1, 0.15) is 0 Å². The summed E-state index contributed by atoms with van der Waals surface area (Å²) in [5.41, 5.74) is 3.18. The minimum atomic E-state index is -4.73. The fraction of sp³-hybridized carbons (Fsp3) is 0.100. The summed E-state index contributed by atoms with van der Waals surface area (Å²) in [4.78, 5) is 14.7. The van der Waals surface area contributed by atoms with Gasteiger partial charge in [-0.2, -0.15) is 18.3 Å². The highest BCUT2D eigenvalue weighted by molar-refractivity contribution is 5.94. The zero-order chi connectivity index (χ0) is 13.3. The lowest BCUT2D eigenvalue weighted by molar-refractivity contribution is -0.143. The third kappa shape index (κ3) is 2.04. The van der Waals surface area contributed by atoms with E-state index in [-0.39, 0.29) is 5.69 Å². The van der Waals surface area contributed by atoms with Gasteiger partial charge >= 0.3 is 6.18 Å². The maximum absolute atomic E-state index is 12.9. The quantitative estimate of drug-likeness (QED) is 0.882. The number of carbonyl (C=O) groups excluding carboxylic acids is 1. The van der Waals surface area contributed by atoms with E-state index in [9.17, 15) is 18.0 Å². The third-order valence-electron chi connectivity index (χ3n) is 2.21. The second-order valence-electron chi connectivity index (χ2n) is 3.39. The van der Waals surface area contributed by atoms with Gasteiger partial charge in [-0.05, 0) is 12.1 Å². The molecule has 94 valence electrons. The lowest BCUT2D eigenvalue weighted by Crippen LogP contribution is -2.20. The summed E-state index contributed by atoms with van der Waals surface area (Å²) in [7, 11) is 0. The van der Waals surface area contributed by atoms with Crippen LogP contribution in [0, 0.1) is 0 Å². The zero-order valence-electron chi connectivity index (χ0n) is 8.85. The van der Waals surface area contributed by atoms with Crippen LogP contribution in [0.3, 0.4) is 0 Å². The molecule has 0 atom stereocenters. The standard InChI is InChI=1S/C10H7F3N4O/c11-10(12,13)8-7(9(14)18)5-16-17(8)6-1-3-15-4-2-6/h1-5H,(H2,14,18). The first kappa shape index (κ1) is 12.1. The van der Waals surface area contributed by atoms with Gasteiger partial charge in [-0.3, -0.25) is 9.78 Å². The molecule has 5 nitrogen and oxygen atoms in total. The monoisotopic (exact) mass is 256 g/mol. The zero-order valence-corrected chi connectivity index (χ0v) is 8.85. The highest BCUT2D eigenvalue weighted by Crippen LogP contribution is 2.33. The molecule has 0 aliphatic carbocycles. The molecule has 0 bridgehead atoms. The molecule has 0 saturated heterocycles. The number of aromatic nitrogens is 3. The summed E-state index contributed by atoms with van der Waals surface area (Å²) in [5.74, 6) is -1.18. The molecule has 0 unspecified atom stereocenters. The average Bonchev–Trinajstić information content (AvgIpc) is 2.74. The molecule has 2 aromatic rings. The van der Waals surface area contributed by atoms with Gasteiger partial charge in [-0.15, -0.1) is 0 Å². The molecule has 0 saturated carbocycles. The molecular formula is C10H7F3N4O. The maximum Gasteiger partial charge on any atom is 0.434 e. The minimum absolute atomic E-state index is 0.143. The molecule has 2 N–H and O–H groups in total. The number of nitrogens with two attached hydrogens (primary N) is 1. The van der Waals surface area contributed by atoms with Gasteiger partial charge in [0, 0.05) is 12.4 Å². The molecule has 18 heavy (non-hydrogen) atoms. The average molecular weight is 256 g/mol. The van der Waals surface area contributed by atoms with Gasteiger partial charge in [0.2, 0.25) is 0 Å². The van der Waals surface area contributed by atoms with Crippen molar-refractivity contribution in [1.29, 1.82) is 0 Å². The molecule has 0 aromatic carbocycles. The van der Waals surface area contributed by atoms with Crippen LogP contribution in [-0.2, 0) is 6.18 Å². The molecule has 8 heteroatoms. The normalized spacial score (nSPS) is 11.5. The third-order valence-corrected chi connectivity index (χ3v) is 2.21. The summed E-state index contributed by atoms with van der Waals surface area (Å²) in [6.07, 6.45) is -1.29. The van der Waals surface area contributed by atoms with E-state index in [4.69, 9.17) is 5.73 Å². The largest absolute Gasteiger partial charge is 0.434 e. The summed E-state index contributed by atoms with van der Waals surface area (Å²) >= 11 is 0. The Hall–Kier alpha value is -2.38. The number of alkyl halides is 3. The van der Waals surface area contributed by atoms with E-state index in [1.165, 1.54) is 24.5 Å². The van der Waals surface area contributed by atoms with Crippen molar-refractivity contribution >= 4 is 5.91 Å². The smallest absolute Gasteiger partial charge is 0.365 e. The van der Waals surface area contributed by atoms with E-state index < -0.39 is 23.3 Å². The van der Waals surface area contributed by atoms with E-state index in [0.717, 1.165) is 6.20 Å². The van der Waals surface area contributed by atoms with Crippen LogP contribution in [0.4, 0.5) is 13.2 Å². The molecule has 2 rings (SSSR count). The fourth-order valence-corrected chi connectivity index (χ4v) is 1.48. The van der Waals surface area contributed by atoms with Crippen molar-refractivity contribution in [2.75, 3.05) is 0 Å². The number of hydrogen-bond acceptors (Lipinski definition) is 3. The van der Waals surface area contributed by atoms with Crippen molar-refractivity contribution in [3.05, 3.63) is 42.0 Å². The summed E-state index contributed by atoms with van der Waals surface area (Å²) in [5, 5.41) is 3.54. The van der Waals surface area contributed by atoms with E-state index >= 15 is 0 Å². The lowest BCUT2D eigenvalue weighted by Gasteiger charge is -2.11. The van der Waals surface area contributed by atoms with Crippen molar-refractivity contribution in [1.82, 2.24) is 14.8 Å².